The first kappa shape index (κ1) is 18.7. The van der Waals surface area contributed by atoms with E-state index >= 15 is 0 Å². The van der Waals surface area contributed by atoms with Gasteiger partial charge >= 0.3 is 0 Å². The molecule has 2 aromatic heterocycles. The molecular weight excluding hydrogens is 366 g/mol. The van der Waals surface area contributed by atoms with E-state index in [1.165, 1.54) is 22.3 Å². The fraction of sp³-hybridized carbons (Fsp3) is 0.211. The van der Waals surface area contributed by atoms with Gasteiger partial charge in [-0.2, -0.15) is 4.98 Å². The second-order valence-electron chi connectivity index (χ2n) is 5.63. The summed E-state index contributed by atoms with van der Waals surface area (Å²) in [5.41, 5.74) is 0.826. The highest BCUT2D eigenvalue weighted by atomic mass is 32.1. The number of rotatable bonds is 7. The Kier molecular flexibility index (Phi) is 5.87. The van der Waals surface area contributed by atoms with E-state index in [1.54, 1.807) is 39.5 Å². The number of carbonyl (C=O) groups is 1. The number of thiophene rings is 1. The second kappa shape index (κ2) is 8.50. The van der Waals surface area contributed by atoms with Crippen LogP contribution in [0.5, 0.6) is 11.5 Å². The van der Waals surface area contributed by atoms with Crippen LogP contribution in [0.15, 0.2) is 46.3 Å². The lowest BCUT2D eigenvalue weighted by Crippen LogP contribution is -2.24. The molecule has 3 aromatic rings. The molecule has 0 saturated carbocycles. The first-order valence-electron chi connectivity index (χ1n) is 8.12. The maximum Gasteiger partial charge on any atom is 0.246 e. The number of likely N-dealkylation sites (N-methyl/N-ethyl adjacent to an activating group) is 1. The maximum absolute atomic E-state index is 12.3. The van der Waals surface area contributed by atoms with Crippen LogP contribution in [0.2, 0.25) is 0 Å². The predicted octanol–water partition coefficient (Wildman–Crippen LogP) is 3.49. The molecule has 1 amide bonds. The quantitative estimate of drug-likeness (QED) is 0.580. The number of carbonyl (C=O) groups excluding carboxylic acids is 1. The van der Waals surface area contributed by atoms with Crippen molar-refractivity contribution in [3.8, 4) is 22.2 Å². The Morgan fingerprint density at radius 1 is 1.26 bits per heavy atom. The number of amides is 1. The zero-order valence-corrected chi connectivity index (χ0v) is 16.0. The van der Waals surface area contributed by atoms with Crippen molar-refractivity contribution in [1.29, 1.82) is 0 Å². The summed E-state index contributed by atoms with van der Waals surface area (Å²) in [5, 5.41) is 5.89. The van der Waals surface area contributed by atoms with Crippen molar-refractivity contribution in [2.75, 3.05) is 21.3 Å². The molecule has 0 saturated heterocycles. The Morgan fingerprint density at radius 3 is 2.78 bits per heavy atom. The minimum absolute atomic E-state index is 0.180. The highest BCUT2D eigenvalue weighted by Crippen LogP contribution is 2.28. The van der Waals surface area contributed by atoms with Gasteiger partial charge in [0.1, 0.15) is 0 Å². The van der Waals surface area contributed by atoms with Crippen LogP contribution in [0, 0.1) is 0 Å². The van der Waals surface area contributed by atoms with Gasteiger partial charge in [-0.15, -0.1) is 11.3 Å². The summed E-state index contributed by atoms with van der Waals surface area (Å²) in [5.74, 6) is 1.97. The number of hydrogen-bond donors (Lipinski definition) is 0. The van der Waals surface area contributed by atoms with Gasteiger partial charge in [-0.3, -0.25) is 4.79 Å². The Bertz CT molecular complexity index is 934. The minimum atomic E-state index is -0.180. The SMILES string of the molecule is COc1ccc(/C=C/C(=O)N(C)Cc2nc(-c3cccs3)no2)cc1OC. The number of aromatic nitrogens is 2. The van der Waals surface area contributed by atoms with Crippen LogP contribution in [0.4, 0.5) is 0 Å². The van der Waals surface area contributed by atoms with Crippen molar-refractivity contribution in [2.45, 2.75) is 6.54 Å². The van der Waals surface area contributed by atoms with Gasteiger partial charge in [-0.05, 0) is 35.2 Å². The van der Waals surface area contributed by atoms with Crippen molar-refractivity contribution in [3.63, 3.8) is 0 Å². The molecule has 0 unspecified atom stereocenters. The van der Waals surface area contributed by atoms with Gasteiger partial charge in [0, 0.05) is 13.1 Å². The Balaban J connectivity index is 1.63. The number of ether oxygens (including phenoxy) is 2. The topological polar surface area (TPSA) is 77.7 Å². The highest BCUT2D eigenvalue weighted by Gasteiger charge is 2.13. The average molecular weight is 385 g/mol. The molecule has 140 valence electrons. The molecule has 3 rings (SSSR count). The molecule has 2 heterocycles. The van der Waals surface area contributed by atoms with E-state index < -0.39 is 0 Å². The van der Waals surface area contributed by atoms with Gasteiger partial charge in [0.05, 0.1) is 25.6 Å². The van der Waals surface area contributed by atoms with E-state index in [0.29, 0.717) is 23.2 Å². The molecule has 0 spiro atoms. The summed E-state index contributed by atoms with van der Waals surface area (Å²) in [6, 6.07) is 9.27. The minimum Gasteiger partial charge on any atom is -0.493 e. The average Bonchev–Trinajstić information content (AvgIpc) is 3.37. The summed E-state index contributed by atoms with van der Waals surface area (Å²) in [6.45, 7) is 0.230. The Morgan fingerprint density at radius 2 is 2.07 bits per heavy atom. The van der Waals surface area contributed by atoms with Crippen molar-refractivity contribution in [2.24, 2.45) is 0 Å². The molecule has 8 heteroatoms. The third-order valence-electron chi connectivity index (χ3n) is 3.78. The number of hydrogen-bond acceptors (Lipinski definition) is 7. The summed E-state index contributed by atoms with van der Waals surface area (Å²) < 4.78 is 15.7. The van der Waals surface area contributed by atoms with Gasteiger partial charge < -0.3 is 18.9 Å². The first-order chi connectivity index (χ1) is 13.1. The van der Waals surface area contributed by atoms with Gasteiger partial charge in [0.2, 0.25) is 17.6 Å². The standard InChI is InChI=1S/C19H19N3O4S/c1-22(12-17-20-19(21-26-17)16-5-4-10-27-16)18(23)9-7-13-6-8-14(24-2)15(11-13)25-3/h4-11H,12H2,1-3H3/b9-7+. The van der Waals surface area contributed by atoms with E-state index in [2.05, 4.69) is 10.1 Å². The molecule has 0 aliphatic rings. The lowest BCUT2D eigenvalue weighted by Gasteiger charge is -2.12. The van der Waals surface area contributed by atoms with Crippen LogP contribution in [-0.2, 0) is 11.3 Å². The van der Waals surface area contributed by atoms with Gasteiger partial charge in [-0.1, -0.05) is 17.3 Å². The maximum atomic E-state index is 12.3. The van der Waals surface area contributed by atoms with Crippen LogP contribution < -0.4 is 9.47 Å². The highest BCUT2D eigenvalue weighted by molar-refractivity contribution is 7.13. The Labute approximate surface area is 160 Å². The number of benzene rings is 1. The molecule has 0 fully saturated rings. The van der Waals surface area contributed by atoms with E-state index in [9.17, 15) is 4.79 Å². The Hall–Kier alpha value is -3.13. The van der Waals surface area contributed by atoms with Crippen molar-refractivity contribution in [3.05, 3.63) is 53.2 Å². The van der Waals surface area contributed by atoms with Crippen LogP contribution in [0.3, 0.4) is 0 Å². The molecule has 0 radical (unpaired) electrons. The molecule has 7 nitrogen and oxygen atoms in total. The fourth-order valence-corrected chi connectivity index (χ4v) is 3.01. The summed E-state index contributed by atoms with van der Waals surface area (Å²) in [7, 11) is 4.82. The largest absolute Gasteiger partial charge is 0.493 e. The van der Waals surface area contributed by atoms with E-state index in [-0.39, 0.29) is 12.5 Å². The van der Waals surface area contributed by atoms with Crippen LogP contribution in [0.1, 0.15) is 11.5 Å². The molecule has 27 heavy (non-hydrogen) atoms. The van der Waals surface area contributed by atoms with Crippen LogP contribution >= 0.6 is 11.3 Å². The van der Waals surface area contributed by atoms with E-state index in [0.717, 1.165) is 10.4 Å². The van der Waals surface area contributed by atoms with Crippen molar-refractivity contribution >= 4 is 23.3 Å². The molecule has 0 aliphatic carbocycles. The predicted molar refractivity (Wildman–Crippen MR) is 103 cm³/mol. The van der Waals surface area contributed by atoms with Crippen LogP contribution in [-0.4, -0.2) is 42.2 Å². The van der Waals surface area contributed by atoms with E-state index in [1.807, 2.05) is 23.6 Å². The van der Waals surface area contributed by atoms with Crippen molar-refractivity contribution < 1.29 is 18.8 Å². The van der Waals surface area contributed by atoms with E-state index in [4.69, 9.17) is 14.0 Å². The van der Waals surface area contributed by atoms with Gasteiger partial charge in [0.25, 0.3) is 0 Å². The summed E-state index contributed by atoms with van der Waals surface area (Å²) in [4.78, 5) is 19.1. The zero-order valence-electron chi connectivity index (χ0n) is 15.2. The number of methoxy groups -OCH3 is 2. The molecular formula is C19H19N3O4S. The summed E-state index contributed by atoms with van der Waals surface area (Å²) in [6.07, 6.45) is 3.20. The lowest BCUT2D eigenvalue weighted by atomic mass is 10.2. The third kappa shape index (κ3) is 4.53. The second-order valence-corrected chi connectivity index (χ2v) is 6.58. The van der Waals surface area contributed by atoms with Gasteiger partial charge in [-0.25, -0.2) is 0 Å². The fourth-order valence-electron chi connectivity index (χ4n) is 2.36. The zero-order chi connectivity index (χ0) is 19.2. The normalized spacial score (nSPS) is 10.9. The summed E-state index contributed by atoms with van der Waals surface area (Å²) >= 11 is 1.53. The molecule has 1 aromatic carbocycles. The van der Waals surface area contributed by atoms with Crippen molar-refractivity contribution in [1.82, 2.24) is 15.0 Å². The molecule has 0 N–H and O–H groups in total. The third-order valence-corrected chi connectivity index (χ3v) is 4.65. The lowest BCUT2D eigenvalue weighted by molar-refractivity contribution is -0.125. The molecule has 0 aliphatic heterocycles. The molecule has 0 bridgehead atoms. The first-order valence-corrected chi connectivity index (χ1v) is 9.00. The van der Waals surface area contributed by atoms with Crippen LogP contribution in [0.25, 0.3) is 16.8 Å². The smallest absolute Gasteiger partial charge is 0.246 e. The van der Waals surface area contributed by atoms with Gasteiger partial charge in [0.15, 0.2) is 11.5 Å². The molecule has 0 atom stereocenters. The monoisotopic (exact) mass is 385 g/mol. The number of nitrogens with zero attached hydrogens (tertiary/aromatic N) is 3.